The highest BCUT2D eigenvalue weighted by Crippen LogP contribution is 2.24. The van der Waals surface area contributed by atoms with E-state index in [-0.39, 0.29) is 5.91 Å². The standard InChI is InChI=1S/C23H27BrN4O/c1-3-28-21-8-7-19(25-23(29)17-5-4-6-18(24)13-17)14-20(21)26-22(28)15-27-11-9-16(2)10-12-27/h4-8,13-14,16H,3,9-12,15H2,1-2H3,(H,25,29). The highest BCUT2D eigenvalue weighted by atomic mass is 79.9. The number of nitrogens with one attached hydrogen (secondary N) is 1. The Morgan fingerprint density at radius 2 is 2.00 bits per heavy atom. The van der Waals surface area contributed by atoms with E-state index in [1.807, 2.05) is 36.4 Å². The van der Waals surface area contributed by atoms with Crippen molar-refractivity contribution in [2.75, 3.05) is 18.4 Å². The number of piperidine rings is 1. The molecule has 1 aliphatic rings. The minimum atomic E-state index is -0.122. The SMILES string of the molecule is CCn1c(CN2CCC(C)CC2)nc2cc(NC(=O)c3cccc(Br)c3)ccc21. The van der Waals surface area contributed by atoms with Gasteiger partial charge in [-0.1, -0.05) is 28.9 Å². The first kappa shape index (κ1) is 20.1. The lowest BCUT2D eigenvalue weighted by atomic mass is 9.99. The third-order valence-electron chi connectivity index (χ3n) is 5.73. The number of benzene rings is 2. The summed E-state index contributed by atoms with van der Waals surface area (Å²) >= 11 is 3.41. The van der Waals surface area contributed by atoms with E-state index in [0.717, 1.165) is 59.1 Å². The lowest BCUT2D eigenvalue weighted by Gasteiger charge is -2.29. The van der Waals surface area contributed by atoms with Crippen molar-refractivity contribution in [3.05, 3.63) is 58.3 Å². The van der Waals surface area contributed by atoms with E-state index in [2.05, 4.69) is 50.6 Å². The molecule has 3 aromatic rings. The molecule has 1 N–H and O–H groups in total. The molecule has 5 nitrogen and oxygen atoms in total. The van der Waals surface area contributed by atoms with Crippen molar-refractivity contribution in [1.29, 1.82) is 0 Å². The van der Waals surface area contributed by atoms with Crippen molar-refractivity contribution in [2.45, 2.75) is 39.8 Å². The van der Waals surface area contributed by atoms with Crippen molar-refractivity contribution in [3.8, 4) is 0 Å². The maximum Gasteiger partial charge on any atom is 0.255 e. The molecule has 1 fully saturated rings. The van der Waals surface area contributed by atoms with Crippen LogP contribution >= 0.6 is 15.9 Å². The predicted octanol–water partition coefficient (Wildman–Crippen LogP) is 5.30. The van der Waals surface area contributed by atoms with Gasteiger partial charge in [-0.05, 0) is 75.2 Å². The molecule has 1 saturated heterocycles. The van der Waals surface area contributed by atoms with E-state index in [4.69, 9.17) is 4.98 Å². The third-order valence-corrected chi connectivity index (χ3v) is 6.22. The van der Waals surface area contributed by atoms with Gasteiger partial charge in [-0.15, -0.1) is 0 Å². The summed E-state index contributed by atoms with van der Waals surface area (Å²) in [5, 5.41) is 2.99. The molecule has 1 aliphatic heterocycles. The van der Waals surface area contributed by atoms with E-state index >= 15 is 0 Å². The van der Waals surface area contributed by atoms with Crippen LogP contribution in [0.5, 0.6) is 0 Å². The molecular weight excluding hydrogens is 428 g/mol. The number of anilines is 1. The molecule has 2 aromatic carbocycles. The number of halogens is 1. The zero-order valence-corrected chi connectivity index (χ0v) is 18.6. The number of rotatable bonds is 5. The average Bonchev–Trinajstić information content (AvgIpc) is 3.05. The Morgan fingerprint density at radius 1 is 1.21 bits per heavy atom. The maximum atomic E-state index is 12.6. The van der Waals surface area contributed by atoms with Crippen molar-refractivity contribution < 1.29 is 4.79 Å². The Bertz CT molecular complexity index is 1020. The van der Waals surface area contributed by atoms with Crippen LogP contribution in [-0.4, -0.2) is 33.4 Å². The Morgan fingerprint density at radius 3 is 2.72 bits per heavy atom. The smallest absolute Gasteiger partial charge is 0.255 e. The number of likely N-dealkylation sites (tertiary alicyclic amines) is 1. The molecule has 152 valence electrons. The van der Waals surface area contributed by atoms with Crippen LogP contribution in [0.15, 0.2) is 46.9 Å². The third kappa shape index (κ3) is 4.54. The molecule has 4 rings (SSSR count). The van der Waals surface area contributed by atoms with E-state index in [9.17, 15) is 4.79 Å². The van der Waals surface area contributed by atoms with E-state index in [1.165, 1.54) is 12.8 Å². The summed E-state index contributed by atoms with van der Waals surface area (Å²) in [6, 6.07) is 13.4. The number of hydrogen-bond acceptors (Lipinski definition) is 3. The molecule has 29 heavy (non-hydrogen) atoms. The van der Waals surface area contributed by atoms with Gasteiger partial charge in [0.25, 0.3) is 5.91 Å². The highest BCUT2D eigenvalue weighted by Gasteiger charge is 2.19. The molecule has 0 bridgehead atoms. The summed E-state index contributed by atoms with van der Waals surface area (Å²) in [5.41, 5.74) is 3.44. The number of aryl methyl sites for hydroxylation is 1. The Kier molecular flexibility index (Phi) is 6.01. The highest BCUT2D eigenvalue weighted by molar-refractivity contribution is 9.10. The molecule has 0 aliphatic carbocycles. The van der Waals surface area contributed by atoms with Crippen LogP contribution in [0.25, 0.3) is 11.0 Å². The number of nitrogens with zero attached hydrogens (tertiary/aromatic N) is 3. The molecule has 0 spiro atoms. The van der Waals surface area contributed by atoms with Gasteiger partial charge in [0.1, 0.15) is 5.82 Å². The predicted molar refractivity (Wildman–Crippen MR) is 121 cm³/mol. The van der Waals surface area contributed by atoms with Gasteiger partial charge in [0.05, 0.1) is 17.6 Å². The summed E-state index contributed by atoms with van der Waals surface area (Å²) in [6.07, 6.45) is 2.52. The number of imidazole rings is 1. The molecule has 0 saturated carbocycles. The van der Waals surface area contributed by atoms with Crippen LogP contribution < -0.4 is 5.32 Å². The Balaban J connectivity index is 1.55. The first-order valence-electron chi connectivity index (χ1n) is 10.3. The first-order chi connectivity index (χ1) is 14.0. The van der Waals surface area contributed by atoms with Gasteiger partial charge < -0.3 is 9.88 Å². The molecule has 1 amide bonds. The van der Waals surface area contributed by atoms with Crippen molar-refractivity contribution in [1.82, 2.24) is 14.5 Å². The fourth-order valence-electron chi connectivity index (χ4n) is 3.98. The lowest BCUT2D eigenvalue weighted by Crippen LogP contribution is -2.33. The summed E-state index contributed by atoms with van der Waals surface area (Å²) in [5.74, 6) is 1.81. The molecular formula is C23H27BrN4O. The summed E-state index contributed by atoms with van der Waals surface area (Å²) in [6.45, 7) is 8.55. The quantitative estimate of drug-likeness (QED) is 0.568. The number of aromatic nitrogens is 2. The molecule has 0 atom stereocenters. The maximum absolute atomic E-state index is 12.6. The monoisotopic (exact) mass is 454 g/mol. The first-order valence-corrected chi connectivity index (χ1v) is 11.1. The number of hydrogen-bond donors (Lipinski definition) is 1. The van der Waals surface area contributed by atoms with Gasteiger partial charge in [0.2, 0.25) is 0 Å². The zero-order valence-electron chi connectivity index (χ0n) is 17.0. The summed E-state index contributed by atoms with van der Waals surface area (Å²) < 4.78 is 3.17. The van der Waals surface area contributed by atoms with Gasteiger partial charge in [-0.25, -0.2) is 4.98 Å². The Hall–Kier alpha value is -2.18. The second-order valence-corrected chi connectivity index (χ2v) is 8.81. The summed E-state index contributed by atoms with van der Waals surface area (Å²) in [7, 11) is 0. The van der Waals surface area contributed by atoms with Crippen LogP contribution in [0.2, 0.25) is 0 Å². The largest absolute Gasteiger partial charge is 0.327 e. The van der Waals surface area contributed by atoms with Crippen LogP contribution in [-0.2, 0) is 13.1 Å². The topological polar surface area (TPSA) is 50.2 Å². The second-order valence-electron chi connectivity index (χ2n) is 7.90. The van der Waals surface area contributed by atoms with E-state index in [1.54, 1.807) is 0 Å². The minimum absolute atomic E-state index is 0.122. The second kappa shape index (κ2) is 8.67. The van der Waals surface area contributed by atoms with Crippen molar-refractivity contribution in [3.63, 3.8) is 0 Å². The zero-order chi connectivity index (χ0) is 20.4. The van der Waals surface area contributed by atoms with E-state index in [0.29, 0.717) is 5.56 Å². The molecule has 1 aromatic heterocycles. The van der Waals surface area contributed by atoms with Crippen LogP contribution in [0, 0.1) is 5.92 Å². The number of amides is 1. The fraction of sp³-hybridized carbons (Fsp3) is 0.391. The van der Waals surface area contributed by atoms with Gasteiger partial charge in [0, 0.05) is 22.3 Å². The van der Waals surface area contributed by atoms with Gasteiger partial charge in [0.15, 0.2) is 0 Å². The van der Waals surface area contributed by atoms with E-state index < -0.39 is 0 Å². The van der Waals surface area contributed by atoms with Crippen LogP contribution in [0.3, 0.4) is 0 Å². The minimum Gasteiger partial charge on any atom is -0.327 e. The van der Waals surface area contributed by atoms with Crippen molar-refractivity contribution in [2.24, 2.45) is 5.92 Å². The van der Waals surface area contributed by atoms with Crippen molar-refractivity contribution >= 4 is 38.6 Å². The average molecular weight is 455 g/mol. The molecule has 2 heterocycles. The fourth-order valence-corrected chi connectivity index (χ4v) is 4.38. The van der Waals surface area contributed by atoms with Crippen LogP contribution in [0.4, 0.5) is 5.69 Å². The normalized spacial score (nSPS) is 15.7. The summed E-state index contributed by atoms with van der Waals surface area (Å²) in [4.78, 5) is 20.0. The molecule has 6 heteroatoms. The number of carbonyl (C=O) groups excluding carboxylic acids is 1. The Labute approximate surface area is 180 Å². The van der Waals surface area contributed by atoms with Gasteiger partial charge in [-0.3, -0.25) is 9.69 Å². The number of fused-ring (bicyclic) bond motifs is 1. The number of carbonyl (C=O) groups is 1. The lowest BCUT2D eigenvalue weighted by molar-refractivity contribution is 0.102. The molecule has 0 unspecified atom stereocenters. The van der Waals surface area contributed by atoms with Crippen LogP contribution in [0.1, 0.15) is 42.9 Å². The van der Waals surface area contributed by atoms with Gasteiger partial charge in [-0.2, -0.15) is 0 Å². The molecule has 0 radical (unpaired) electrons. The van der Waals surface area contributed by atoms with Gasteiger partial charge >= 0.3 is 0 Å².